The summed E-state index contributed by atoms with van der Waals surface area (Å²) in [6, 6.07) is 11.0. The lowest BCUT2D eigenvalue weighted by Crippen LogP contribution is -2.41. The number of amidine groups is 1. The molecule has 0 radical (unpaired) electrons. The zero-order chi connectivity index (χ0) is 18.1. The van der Waals surface area contributed by atoms with Crippen LogP contribution in [0.5, 0.6) is 0 Å². The number of hydrogen-bond donors (Lipinski definition) is 2. The van der Waals surface area contributed by atoms with Crippen molar-refractivity contribution >= 4 is 40.1 Å². The number of amides is 1. The van der Waals surface area contributed by atoms with Gasteiger partial charge in [-0.1, -0.05) is 35.5 Å². The molecule has 2 aliphatic heterocycles. The van der Waals surface area contributed by atoms with Gasteiger partial charge in [0.05, 0.1) is 16.9 Å². The number of nitrogens with one attached hydrogen (secondary N) is 1. The number of rotatable bonds is 3. The Hall–Kier alpha value is -2.09. The first-order valence-electron chi connectivity index (χ1n) is 8.20. The van der Waals surface area contributed by atoms with Crippen LogP contribution in [0.25, 0.3) is 0 Å². The minimum absolute atomic E-state index is 0.153. The molecule has 134 valence electrons. The van der Waals surface area contributed by atoms with Gasteiger partial charge < -0.3 is 15.8 Å². The molecule has 3 heterocycles. The highest BCUT2D eigenvalue weighted by atomic mass is 35.5. The van der Waals surface area contributed by atoms with Crippen LogP contribution in [-0.4, -0.2) is 34.5 Å². The Bertz CT molecular complexity index is 874. The fourth-order valence-corrected chi connectivity index (χ4v) is 4.60. The summed E-state index contributed by atoms with van der Waals surface area (Å²) in [5, 5.41) is 4.11. The van der Waals surface area contributed by atoms with Crippen molar-refractivity contribution in [2.24, 2.45) is 10.7 Å². The standard InChI is InChI=1S/C18H17ClN4O2S/c19-12-4-5-14(21-9-12)16(24)22-13-3-1-2-11(8-13)18-6-7-25-10-15(18)26-17(20)23-18/h1-5,8-9,15H,6-7,10H2,(H2,20,23)(H,22,24). The molecule has 2 atom stereocenters. The lowest BCUT2D eigenvalue weighted by molar-refractivity contribution is 0.0611. The number of nitrogens with zero attached hydrogens (tertiary/aromatic N) is 2. The summed E-state index contributed by atoms with van der Waals surface area (Å²) in [5.74, 6) is -0.288. The maximum absolute atomic E-state index is 12.4. The number of ether oxygens (including phenoxy) is 1. The third-order valence-electron chi connectivity index (χ3n) is 4.58. The molecule has 1 fully saturated rings. The second kappa shape index (κ2) is 6.90. The molecule has 8 heteroatoms. The van der Waals surface area contributed by atoms with Crippen LogP contribution < -0.4 is 11.1 Å². The van der Waals surface area contributed by atoms with Crippen molar-refractivity contribution in [1.82, 2.24) is 4.98 Å². The first-order chi connectivity index (χ1) is 12.6. The molecule has 3 N–H and O–H groups in total. The smallest absolute Gasteiger partial charge is 0.274 e. The van der Waals surface area contributed by atoms with E-state index in [2.05, 4.69) is 10.3 Å². The second-order valence-electron chi connectivity index (χ2n) is 6.20. The van der Waals surface area contributed by atoms with Crippen LogP contribution in [0, 0.1) is 0 Å². The summed E-state index contributed by atoms with van der Waals surface area (Å²) in [6.45, 7) is 1.25. The van der Waals surface area contributed by atoms with Crippen LogP contribution in [0.1, 0.15) is 22.5 Å². The van der Waals surface area contributed by atoms with Gasteiger partial charge in [-0.25, -0.2) is 9.98 Å². The van der Waals surface area contributed by atoms with E-state index in [1.807, 2.05) is 24.3 Å². The maximum atomic E-state index is 12.4. The van der Waals surface area contributed by atoms with Gasteiger partial charge in [-0.2, -0.15) is 0 Å². The number of thioether (sulfide) groups is 1. The van der Waals surface area contributed by atoms with Gasteiger partial charge in [0.15, 0.2) is 5.17 Å². The zero-order valence-electron chi connectivity index (χ0n) is 13.8. The monoisotopic (exact) mass is 388 g/mol. The normalized spacial score (nSPS) is 24.7. The summed E-state index contributed by atoms with van der Waals surface area (Å²) >= 11 is 7.37. The SMILES string of the molecule is NC1=NC2(c3cccc(NC(=O)c4ccc(Cl)cn4)c3)CCOCC2S1. The van der Waals surface area contributed by atoms with Gasteiger partial charge in [0, 0.05) is 24.9 Å². The zero-order valence-corrected chi connectivity index (χ0v) is 15.4. The Morgan fingerprint density at radius 2 is 2.27 bits per heavy atom. The molecule has 0 spiro atoms. The molecule has 1 amide bonds. The molecule has 6 nitrogen and oxygen atoms in total. The summed E-state index contributed by atoms with van der Waals surface area (Å²) in [6.07, 6.45) is 2.22. The van der Waals surface area contributed by atoms with Gasteiger partial charge in [0.2, 0.25) is 0 Å². The molecule has 4 rings (SSSR count). The van der Waals surface area contributed by atoms with Crippen LogP contribution in [0.3, 0.4) is 0 Å². The number of fused-ring (bicyclic) bond motifs is 1. The van der Waals surface area contributed by atoms with E-state index in [9.17, 15) is 4.79 Å². The number of aromatic nitrogens is 1. The van der Waals surface area contributed by atoms with Crippen molar-refractivity contribution in [3.8, 4) is 0 Å². The van der Waals surface area contributed by atoms with E-state index in [1.54, 1.807) is 23.9 Å². The van der Waals surface area contributed by atoms with E-state index < -0.39 is 5.54 Å². The van der Waals surface area contributed by atoms with Gasteiger partial charge in [0.1, 0.15) is 11.2 Å². The van der Waals surface area contributed by atoms with E-state index in [-0.39, 0.29) is 11.2 Å². The van der Waals surface area contributed by atoms with Gasteiger partial charge in [-0.05, 0) is 29.8 Å². The van der Waals surface area contributed by atoms with Crippen molar-refractivity contribution in [3.63, 3.8) is 0 Å². The molecular formula is C18H17ClN4O2S. The molecular weight excluding hydrogens is 372 g/mol. The number of carbonyl (C=O) groups is 1. The lowest BCUT2D eigenvalue weighted by atomic mass is 9.83. The van der Waals surface area contributed by atoms with E-state index in [4.69, 9.17) is 27.1 Å². The number of aliphatic imine (C=N–C) groups is 1. The lowest BCUT2D eigenvalue weighted by Gasteiger charge is -2.36. The number of benzene rings is 1. The van der Waals surface area contributed by atoms with Crippen LogP contribution in [0.15, 0.2) is 47.6 Å². The fourth-order valence-electron chi connectivity index (χ4n) is 3.31. The van der Waals surface area contributed by atoms with Gasteiger partial charge >= 0.3 is 0 Å². The van der Waals surface area contributed by atoms with Crippen molar-refractivity contribution in [1.29, 1.82) is 0 Å². The predicted octanol–water partition coefficient (Wildman–Crippen LogP) is 3.03. The van der Waals surface area contributed by atoms with Crippen molar-refractivity contribution in [2.75, 3.05) is 18.5 Å². The number of nitrogens with two attached hydrogens (primary N) is 1. The summed E-state index contributed by atoms with van der Waals surface area (Å²) in [4.78, 5) is 21.2. The van der Waals surface area contributed by atoms with E-state index in [0.717, 1.165) is 12.0 Å². The first-order valence-corrected chi connectivity index (χ1v) is 9.46. The van der Waals surface area contributed by atoms with Crippen molar-refractivity contribution < 1.29 is 9.53 Å². The number of halogens is 1. The Morgan fingerprint density at radius 3 is 3.08 bits per heavy atom. The van der Waals surface area contributed by atoms with Gasteiger partial charge in [-0.15, -0.1) is 0 Å². The minimum atomic E-state index is -0.397. The number of carbonyl (C=O) groups excluding carboxylic acids is 1. The average molecular weight is 389 g/mol. The molecule has 0 saturated carbocycles. The van der Waals surface area contributed by atoms with E-state index in [0.29, 0.717) is 34.8 Å². The predicted molar refractivity (Wildman–Crippen MR) is 104 cm³/mol. The molecule has 26 heavy (non-hydrogen) atoms. The number of anilines is 1. The molecule has 1 saturated heterocycles. The average Bonchev–Trinajstić information content (AvgIpc) is 2.99. The van der Waals surface area contributed by atoms with Crippen LogP contribution in [0.2, 0.25) is 5.02 Å². The minimum Gasteiger partial charge on any atom is -0.380 e. The Balaban J connectivity index is 1.60. The molecule has 2 aromatic rings. The largest absolute Gasteiger partial charge is 0.380 e. The van der Waals surface area contributed by atoms with Crippen LogP contribution in [0.4, 0.5) is 5.69 Å². The molecule has 0 bridgehead atoms. The second-order valence-corrected chi connectivity index (χ2v) is 7.86. The number of pyridine rings is 1. The molecule has 2 aliphatic rings. The van der Waals surface area contributed by atoms with Gasteiger partial charge in [-0.3, -0.25) is 4.79 Å². The third-order valence-corrected chi connectivity index (χ3v) is 5.95. The van der Waals surface area contributed by atoms with Crippen LogP contribution >= 0.6 is 23.4 Å². The molecule has 1 aromatic heterocycles. The highest BCUT2D eigenvalue weighted by Gasteiger charge is 2.48. The van der Waals surface area contributed by atoms with Crippen molar-refractivity contribution in [3.05, 3.63) is 58.9 Å². The molecule has 2 unspecified atom stereocenters. The highest BCUT2D eigenvalue weighted by molar-refractivity contribution is 8.14. The third kappa shape index (κ3) is 3.18. The summed E-state index contributed by atoms with van der Waals surface area (Å²) < 4.78 is 5.60. The van der Waals surface area contributed by atoms with E-state index >= 15 is 0 Å². The Kier molecular flexibility index (Phi) is 4.60. The Morgan fingerprint density at radius 1 is 1.38 bits per heavy atom. The first kappa shape index (κ1) is 17.3. The molecule has 0 aliphatic carbocycles. The quantitative estimate of drug-likeness (QED) is 0.843. The van der Waals surface area contributed by atoms with Gasteiger partial charge in [0.25, 0.3) is 5.91 Å². The Labute approximate surface area is 160 Å². The van der Waals surface area contributed by atoms with Crippen LogP contribution in [-0.2, 0) is 10.3 Å². The highest BCUT2D eigenvalue weighted by Crippen LogP contribution is 2.47. The van der Waals surface area contributed by atoms with E-state index in [1.165, 1.54) is 6.20 Å². The maximum Gasteiger partial charge on any atom is 0.274 e. The fraction of sp³-hybridized carbons (Fsp3) is 0.278. The number of hydrogen-bond acceptors (Lipinski definition) is 6. The topological polar surface area (TPSA) is 89.6 Å². The summed E-state index contributed by atoms with van der Waals surface area (Å²) in [7, 11) is 0. The summed E-state index contributed by atoms with van der Waals surface area (Å²) in [5.41, 5.74) is 7.62. The molecule has 1 aromatic carbocycles. The van der Waals surface area contributed by atoms with Crippen molar-refractivity contribution in [2.45, 2.75) is 17.2 Å².